The summed E-state index contributed by atoms with van der Waals surface area (Å²) in [6.45, 7) is 3.96. The lowest BCUT2D eigenvalue weighted by Gasteiger charge is -2.27. The third-order valence-corrected chi connectivity index (χ3v) is 4.44. The zero-order valence-electron chi connectivity index (χ0n) is 17.6. The van der Waals surface area contributed by atoms with E-state index in [4.69, 9.17) is 19.9 Å². The van der Waals surface area contributed by atoms with Gasteiger partial charge in [-0.2, -0.15) is 0 Å². The van der Waals surface area contributed by atoms with E-state index in [9.17, 15) is 14.4 Å². The molecule has 10 nitrogen and oxygen atoms in total. The molecule has 10 heteroatoms. The van der Waals surface area contributed by atoms with Crippen LogP contribution in [-0.2, 0) is 16.1 Å². The number of anilines is 2. The predicted octanol–water partition coefficient (Wildman–Crippen LogP) is 0.984. The van der Waals surface area contributed by atoms with Gasteiger partial charge in [0.2, 0.25) is 0 Å². The van der Waals surface area contributed by atoms with Gasteiger partial charge in [0, 0.05) is 20.2 Å². The Kier molecular flexibility index (Phi) is 8.05. The van der Waals surface area contributed by atoms with E-state index < -0.39 is 23.3 Å². The monoisotopic (exact) mass is 420 g/mol. The molecule has 3 N–H and O–H groups in total. The Balaban J connectivity index is 2.38. The molecule has 0 spiro atoms. The molecular formula is C20H28N4O6. The van der Waals surface area contributed by atoms with Gasteiger partial charge < -0.3 is 19.9 Å². The molecule has 1 atom stereocenters. The summed E-state index contributed by atoms with van der Waals surface area (Å²) in [6.07, 6.45) is -0.306. The van der Waals surface area contributed by atoms with Gasteiger partial charge in [0.1, 0.15) is 17.3 Å². The molecule has 1 aromatic heterocycles. The molecule has 164 valence electrons. The van der Waals surface area contributed by atoms with Crippen LogP contribution in [0.25, 0.3) is 0 Å². The number of nitrogens with two attached hydrogens (primary N) is 1. The van der Waals surface area contributed by atoms with Crippen LogP contribution >= 0.6 is 0 Å². The zero-order valence-corrected chi connectivity index (χ0v) is 17.6. The molecule has 0 saturated heterocycles. The molecule has 0 aliphatic carbocycles. The number of benzene rings is 1. The third-order valence-electron chi connectivity index (χ3n) is 4.44. The summed E-state index contributed by atoms with van der Waals surface area (Å²) in [6, 6.07) is 6.76. The van der Waals surface area contributed by atoms with E-state index in [2.05, 4.69) is 4.98 Å². The van der Waals surface area contributed by atoms with E-state index in [-0.39, 0.29) is 24.7 Å². The first-order valence-corrected chi connectivity index (χ1v) is 9.57. The van der Waals surface area contributed by atoms with E-state index in [0.717, 1.165) is 0 Å². The van der Waals surface area contributed by atoms with Gasteiger partial charge >= 0.3 is 5.69 Å². The number of H-pyrrole nitrogens is 1. The Bertz CT molecular complexity index is 967. The summed E-state index contributed by atoms with van der Waals surface area (Å²) in [7, 11) is 3.03. The van der Waals surface area contributed by atoms with Gasteiger partial charge in [0.15, 0.2) is 11.8 Å². The molecule has 0 bridgehead atoms. The fraction of sp³-hybridized carbons (Fsp3) is 0.450. The van der Waals surface area contributed by atoms with Crippen molar-refractivity contribution >= 4 is 17.4 Å². The summed E-state index contributed by atoms with van der Waals surface area (Å²) in [5, 5.41) is 0. The number of nitrogens with one attached hydrogen (secondary N) is 1. The third kappa shape index (κ3) is 5.20. The van der Waals surface area contributed by atoms with E-state index in [0.29, 0.717) is 24.5 Å². The van der Waals surface area contributed by atoms with Gasteiger partial charge in [-0.3, -0.25) is 24.0 Å². The largest absolute Gasteiger partial charge is 0.497 e. The number of nitrogens with zero attached hydrogens (tertiary/aromatic N) is 2. The highest BCUT2D eigenvalue weighted by Gasteiger charge is 2.28. The Labute approximate surface area is 174 Å². The number of hydrogen-bond acceptors (Lipinski definition) is 7. The summed E-state index contributed by atoms with van der Waals surface area (Å²) >= 11 is 0. The molecule has 1 amide bonds. The number of methoxy groups -OCH3 is 2. The maximum Gasteiger partial charge on any atom is 0.330 e. The van der Waals surface area contributed by atoms with Crippen LogP contribution in [0.1, 0.15) is 20.3 Å². The first kappa shape index (κ1) is 23.0. The molecule has 0 aliphatic rings. The topological polar surface area (TPSA) is 129 Å². The van der Waals surface area contributed by atoms with Crippen molar-refractivity contribution in [3.05, 3.63) is 45.1 Å². The maximum atomic E-state index is 13.2. The van der Waals surface area contributed by atoms with Crippen molar-refractivity contribution in [3.8, 4) is 11.5 Å². The minimum absolute atomic E-state index is 0.0588. The standard InChI is InChI=1S/C20H28N4O6/c1-5-10-24-17(21)16(18(25)22-20(24)27)23(11-12-28-3)19(26)13(2)30-15-8-6-14(29-4)7-9-15/h6-9,13H,5,10-12,21H2,1-4H3,(H,22,25,27). The quantitative estimate of drug-likeness (QED) is 0.586. The molecule has 2 rings (SSSR count). The summed E-state index contributed by atoms with van der Waals surface area (Å²) in [5.41, 5.74) is 4.65. The van der Waals surface area contributed by atoms with Crippen molar-refractivity contribution < 1.29 is 19.0 Å². The maximum absolute atomic E-state index is 13.2. The van der Waals surface area contributed by atoms with E-state index in [1.54, 1.807) is 38.3 Å². The van der Waals surface area contributed by atoms with Gasteiger partial charge in [-0.15, -0.1) is 0 Å². The first-order valence-electron chi connectivity index (χ1n) is 9.57. The van der Waals surface area contributed by atoms with Crippen molar-refractivity contribution in [3.63, 3.8) is 0 Å². The Morgan fingerprint density at radius 2 is 1.83 bits per heavy atom. The van der Waals surface area contributed by atoms with Crippen molar-refractivity contribution in [1.82, 2.24) is 9.55 Å². The highest BCUT2D eigenvalue weighted by molar-refractivity contribution is 5.98. The molecule has 1 unspecified atom stereocenters. The van der Waals surface area contributed by atoms with Crippen molar-refractivity contribution in [2.45, 2.75) is 32.9 Å². The van der Waals surface area contributed by atoms with Crippen molar-refractivity contribution in [1.29, 1.82) is 0 Å². The Morgan fingerprint density at radius 1 is 1.20 bits per heavy atom. The predicted molar refractivity (Wildman–Crippen MR) is 113 cm³/mol. The number of rotatable bonds is 10. The van der Waals surface area contributed by atoms with E-state index in [1.165, 1.54) is 16.6 Å². The lowest BCUT2D eigenvalue weighted by atomic mass is 10.2. The van der Waals surface area contributed by atoms with Crippen LogP contribution in [0.3, 0.4) is 0 Å². The van der Waals surface area contributed by atoms with E-state index in [1.807, 2.05) is 6.92 Å². The highest BCUT2D eigenvalue weighted by Crippen LogP contribution is 2.21. The second kappa shape index (κ2) is 10.5. The number of carbonyl (C=O) groups is 1. The number of aromatic amines is 1. The molecule has 0 saturated carbocycles. The molecule has 30 heavy (non-hydrogen) atoms. The number of amides is 1. The average Bonchev–Trinajstić information content (AvgIpc) is 2.73. The number of hydrogen-bond donors (Lipinski definition) is 2. The summed E-state index contributed by atoms with van der Waals surface area (Å²) in [5.74, 6) is 0.537. The van der Waals surface area contributed by atoms with Gasteiger partial charge in [-0.25, -0.2) is 4.79 Å². The number of carbonyl (C=O) groups excluding carboxylic acids is 1. The van der Waals surface area contributed by atoms with Crippen LogP contribution in [-0.4, -0.2) is 48.9 Å². The molecular weight excluding hydrogens is 392 g/mol. The molecule has 1 aromatic carbocycles. The van der Waals surface area contributed by atoms with Crippen molar-refractivity contribution in [2.75, 3.05) is 38.0 Å². The van der Waals surface area contributed by atoms with Crippen LogP contribution in [0.15, 0.2) is 33.9 Å². The molecule has 0 aliphatic heterocycles. The minimum atomic E-state index is -0.930. The normalized spacial score (nSPS) is 11.7. The molecule has 0 radical (unpaired) electrons. The van der Waals surface area contributed by atoms with E-state index >= 15 is 0 Å². The summed E-state index contributed by atoms with van der Waals surface area (Å²) in [4.78, 5) is 41.2. The minimum Gasteiger partial charge on any atom is -0.497 e. The smallest absolute Gasteiger partial charge is 0.330 e. The Morgan fingerprint density at radius 3 is 2.40 bits per heavy atom. The number of nitrogen functional groups attached to an aromatic ring is 1. The average molecular weight is 420 g/mol. The van der Waals surface area contributed by atoms with Gasteiger partial charge in [0.25, 0.3) is 11.5 Å². The first-order chi connectivity index (χ1) is 14.3. The molecule has 0 fully saturated rings. The van der Waals surface area contributed by atoms with Gasteiger partial charge in [-0.1, -0.05) is 6.92 Å². The highest BCUT2D eigenvalue weighted by atomic mass is 16.5. The van der Waals surface area contributed by atoms with Crippen LogP contribution < -0.4 is 31.4 Å². The zero-order chi connectivity index (χ0) is 22.3. The fourth-order valence-corrected chi connectivity index (χ4v) is 2.93. The van der Waals surface area contributed by atoms with Crippen LogP contribution in [0.5, 0.6) is 11.5 Å². The van der Waals surface area contributed by atoms with Gasteiger partial charge in [-0.05, 0) is 37.6 Å². The lowest BCUT2D eigenvalue weighted by molar-refractivity contribution is -0.124. The van der Waals surface area contributed by atoms with Crippen LogP contribution in [0.4, 0.5) is 11.5 Å². The second-order valence-corrected chi connectivity index (χ2v) is 6.56. The number of ether oxygens (including phenoxy) is 3. The fourth-order valence-electron chi connectivity index (χ4n) is 2.93. The second-order valence-electron chi connectivity index (χ2n) is 6.56. The molecule has 1 heterocycles. The van der Waals surface area contributed by atoms with Gasteiger partial charge in [0.05, 0.1) is 13.7 Å². The van der Waals surface area contributed by atoms with Crippen molar-refractivity contribution in [2.24, 2.45) is 0 Å². The van der Waals surface area contributed by atoms with Crippen LogP contribution in [0.2, 0.25) is 0 Å². The lowest BCUT2D eigenvalue weighted by Crippen LogP contribution is -2.47. The molecule has 2 aromatic rings. The Hall–Kier alpha value is -3.27. The number of aromatic nitrogens is 2. The SMILES string of the molecule is CCCn1c(N)c(N(CCOC)C(=O)C(C)Oc2ccc(OC)cc2)c(=O)[nH]c1=O. The summed E-state index contributed by atoms with van der Waals surface area (Å²) < 4.78 is 17.1. The van der Waals surface area contributed by atoms with Crippen LogP contribution in [0, 0.1) is 0 Å².